The van der Waals surface area contributed by atoms with E-state index in [4.69, 9.17) is 0 Å². The van der Waals surface area contributed by atoms with Crippen LogP contribution in [0.25, 0.3) is 0 Å². The number of hydrogen-bond acceptors (Lipinski definition) is 2. The molecule has 0 heterocycles. The molecule has 2 aliphatic rings. The Bertz CT molecular complexity index is 779. The van der Waals surface area contributed by atoms with Gasteiger partial charge in [0, 0.05) is 18.5 Å². The van der Waals surface area contributed by atoms with Crippen LogP contribution in [0.2, 0.25) is 0 Å². The van der Waals surface area contributed by atoms with Crippen molar-refractivity contribution in [1.82, 2.24) is 4.90 Å². The number of benzene rings is 2. The van der Waals surface area contributed by atoms with Crippen molar-refractivity contribution >= 4 is 18.5 Å². The first kappa shape index (κ1) is 19.8. The van der Waals surface area contributed by atoms with Crippen molar-refractivity contribution in [3.63, 3.8) is 0 Å². The van der Waals surface area contributed by atoms with Crippen molar-refractivity contribution in [3.8, 4) is 0 Å². The maximum absolute atomic E-state index is 9.49. The zero-order chi connectivity index (χ0) is 19.7. The highest BCUT2D eigenvalue weighted by molar-refractivity contribution is 7.76. The lowest BCUT2D eigenvalue weighted by molar-refractivity contribution is 0.137. The van der Waals surface area contributed by atoms with Gasteiger partial charge in [0.2, 0.25) is 0 Å². The second kappa shape index (κ2) is 8.49. The Labute approximate surface area is 171 Å². The van der Waals surface area contributed by atoms with Gasteiger partial charge in [-0.3, -0.25) is 0 Å². The fraction of sp³-hybridized carbons (Fsp3) is 0.440. The quantitative estimate of drug-likeness (QED) is 0.674. The molecular weight excluding hydrogens is 361 g/mol. The molecule has 0 spiro atoms. The van der Waals surface area contributed by atoms with Gasteiger partial charge in [-0.1, -0.05) is 79.6 Å². The molecule has 0 amide bonds. The predicted molar refractivity (Wildman–Crippen MR) is 121 cm³/mol. The van der Waals surface area contributed by atoms with Crippen molar-refractivity contribution in [2.75, 3.05) is 20.2 Å². The molecular formula is C25H32NOP. The minimum atomic E-state index is -0.497. The molecule has 1 saturated carbocycles. The average molecular weight is 394 g/mol. The van der Waals surface area contributed by atoms with Gasteiger partial charge in [0.25, 0.3) is 0 Å². The third kappa shape index (κ3) is 3.59. The van der Waals surface area contributed by atoms with Crippen molar-refractivity contribution < 1.29 is 5.11 Å². The Morgan fingerprint density at radius 3 is 2.11 bits per heavy atom. The summed E-state index contributed by atoms with van der Waals surface area (Å²) >= 11 is 0. The molecule has 0 radical (unpaired) electrons. The summed E-state index contributed by atoms with van der Waals surface area (Å²) in [6.45, 7) is 5.71. The highest BCUT2D eigenvalue weighted by atomic mass is 31.1. The molecule has 2 aromatic carbocycles. The van der Waals surface area contributed by atoms with Crippen LogP contribution in [0.15, 0.2) is 71.6 Å². The van der Waals surface area contributed by atoms with Gasteiger partial charge in [0.1, 0.15) is 0 Å². The minimum Gasteiger partial charge on any atom is -0.395 e. The number of fused-ring (bicyclic) bond motifs is 1. The van der Waals surface area contributed by atoms with Gasteiger partial charge in [0.05, 0.1) is 6.61 Å². The molecule has 3 unspecified atom stereocenters. The summed E-state index contributed by atoms with van der Waals surface area (Å²) in [5.74, 6) is 2.13. The first-order chi connectivity index (χ1) is 13.7. The summed E-state index contributed by atoms with van der Waals surface area (Å²) in [5.41, 5.74) is 1.75. The number of hydrogen-bond donors (Lipinski definition) is 1. The molecule has 0 saturated heterocycles. The molecule has 0 aromatic heterocycles. The number of rotatable bonds is 8. The number of nitrogens with zero attached hydrogens (tertiary/aromatic N) is 1. The van der Waals surface area contributed by atoms with Gasteiger partial charge >= 0.3 is 0 Å². The molecule has 4 rings (SSSR count). The lowest BCUT2D eigenvalue weighted by Gasteiger charge is -2.38. The number of likely N-dealkylation sites (N-methyl/N-ethyl adjacent to an activating group) is 1. The minimum absolute atomic E-state index is 0.228. The van der Waals surface area contributed by atoms with Crippen LogP contribution in [-0.2, 0) is 0 Å². The molecule has 1 N–H and O–H groups in total. The Kier molecular flexibility index (Phi) is 6.01. The molecule has 1 fully saturated rings. The van der Waals surface area contributed by atoms with E-state index in [1.165, 1.54) is 23.5 Å². The second-order valence-electron chi connectivity index (χ2n) is 8.27. The maximum Gasteiger partial charge on any atom is 0.0558 e. The number of aliphatic hydroxyl groups is 1. The molecule has 2 aromatic rings. The fourth-order valence-electron chi connectivity index (χ4n) is 5.18. The third-order valence-corrected chi connectivity index (χ3v) is 9.46. The Balaban J connectivity index is 1.79. The van der Waals surface area contributed by atoms with Gasteiger partial charge in [0.15, 0.2) is 0 Å². The summed E-state index contributed by atoms with van der Waals surface area (Å²) in [6, 6.07) is 22.7. The molecule has 2 nitrogen and oxygen atoms in total. The van der Waals surface area contributed by atoms with Gasteiger partial charge in [-0.05, 0) is 56.1 Å². The molecule has 0 aliphatic heterocycles. The smallest absolute Gasteiger partial charge is 0.0558 e. The predicted octanol–water partition coefficient (Wildman–Crippen LogP) is 4.36. The third-order valence-electron chi connectivity index (χ3n) is 6.76. The monoisotopic (exact) mass is 393 g/mol. The van der Waals surface area contributed by atoms with Crippen LogP contribution in [-0.4, -0.2) is 36.2 Å². The van der Waals surface area contributed by atoms with E-state index in [2.05, 4.69) is 86.5 Å². The fourth-order valence-corrected chi connectivity index (χ4v) is 8.23. The molecule has 3 heteroatoms. The first-order valence-corrected chi connectivity index (χ1v) is 12.0. The standard InChI is InChI=1S/C25H32NOP/c1-4-21-22-17-23(22)25(24(21)18(2)26(3)15-16-27)28(19-11-7-5-8-12-19)20-13-9-6-10-14-20/h5-14,18,21-22,24,27H,4,15-17H2,1-3H3/t18-,21?,22?,24?/m0/s1. The Morgan fingerprint density at radius 2 is 1.61 bits per heavy atom. The second-order valence-corrected chi connectivity index (χ2v) is 10.5. The van der Waals surface area contributed by atoms with E-state index in [0.717, 1.165) is 18.4 Å². The van der Waals surface area contributed by atoms with Gasteiger partial charge in [-0.2, -0.15) is 0 Å². The van der Waals surface area contributed by atoms with E-state index in [9.17, 15) is 5.11 Å². The van der Waals surface area contributed by atoms with Crippen LogP contribution in [0.1, 0.15) is 26.7 Å². The van der Waals surface area contributed by atoms with Gasteiger partial charge in [-0.15, -0.1) is 0 Å². The summed E-state index contributed by atoms with van der Waals surface area (Å²) in [7, 11) is 1.68. The largest absolute Gasteiger partial charge is 0.395 e. The van der Waals surface area contributed by atoms with E-state index in [1.54, 1.807) is 10.9 Å². The van der Waals surface area contributed by atoms with Crippen LogP contribution >= 0.6 is 7.92 Å². The summed E-state index contributed by atoms with van der Waals surface area (Å²) in [4.78, 5) is 2.36. The van der Waals surface area contributed by atoms with Crippen molar-refractivity contribution in [1.29, 1.82) is 0 Å². The Hall–Kier alpha value is -1.47. The van der Waals surface area contributed by atoms with Crippen LogP contribution in [0.5, 0.6) is 0 Å². The molecule has 148 valence electrons. The summed E-state index contributed by atoms with van der Waals surface area (Å²) in [5, 5.41) is 14.2. The van der Waals surface area contributed by atoms with Gasteiger partial charge in [-0.25, -0.2) is 0 Å². The van der Waals surface area contributed by atoms with E-state index in [0.29, 0.717) is 12.0 Å². The number of aliphatic hydroxyl groups excluding tert-OH is 1. The van der Waals surface area contributed by atoms with Gasteiger partial charge < -0.3 is 10.0 Å². The molecule has 0 bridgehead atoms. The Morgan fingerprint density at radius 1 is 1.04 bits per heavy atom. The lowest BCUT2D eigenvalue weighted by atomic mass is 9.84. The zero-order valence-corrected chi connectivity index (χ0v) is 18.1. The molecule has 4 atom stereocenters. The van der Waals surface area contributed by atoms with E-state index < -0.39 is 7.92 Å². The maximum atomic E-state index is 9.49. The van der Waals surface area contributed by atoms with E-state index in [-0.39, 0.29) is 6.61 Å². The van der Waals surface area contributed by atoms with E-state index >= 15 is 0 Å². The molecule has 28 heavy (non-hydrogen) atoms. The molecule has 2 aliphatic carbocycles. The SMILES string of the molecule is CCC1C2CC2=C(P(c2ccccc2)c2ccccc2)C1[C@H](C)N(C)CCO. The van der Waals surface area contributed by atoms with Crippen LogP contribution in [0, 0.1) is 17.8 Å². The van der Waals surface area contributed by atoms with Crippen molar-refractivity contribution in [3.05, 3.63) is 71.6 Å². The summed E-state index contributed by atoms with van der Waals surface area (Å²) < 4.78 is 0. The number of allylic oxidation sites excluding steroid dienone is 1. The first-order valence-electron chi connectivity index (χ1n) is 10.6. The van der Waals surface area contributed by atoms with Crippen LogP contribution < -0.4 is 10.6 Å². The summed E-state index contributed by atoms with van der Waals surface area (Å²) in [6.07, 6.45) is 2.55. The topological polar surface area (TPSA) is 23.5 Å². The zero-order valence-electron chi connectivity index (χ0n) is 17.3. The highest BCUT2D eigenvalue weighted by Gasteiger charge is 2.54. The highest BCUT2D eigenvalue weighted by Crippen LogP contribution is 2.67. The van der Waals surface area contributed by atoms with Crippen LogP contribution in [0.4, 0.5) is 0 Å². The average Bonchev–Trinajstić information content (AvgIpc) is 3.45. The van der Waals surface area contributed by atoms with Crippen molar-refractivity contribution in [2.24, 2.45) is 17.8 Å². The lowest BCUT2D eigenvalue weighted by Crippen LogP contribution is -2.41. The normalized spacial score (nSPS) is 24.7. The van der Waals surface area contributed by atoms with Crippen molar-refractivity contribution in [2.45, 2.75) is 32.7 Å². The van der Waals surface area contributed by atoms with E-state index in [1.807, 2.05) is 0 Å². The van der Waals surface area contributed by atoms with Crippen LogP contribution in [0.3, 0.4) is 0 Å².